The minimum Gasteiger partial charge on any atom is -0.457 e. The quantitative estimate of drug-likeness (QED) is 0.226. The number of hydrogen-bond acceptors (Lipinski definition) is 7. The molecule has 1 unspecified atom stereocenters. The summed E-state index contributed by atoms with van der Waals surface area (Å²) >= 11 is 0. The molecule has 1 aliphatic rings. The van der Waals surface area contributed by atoms with Crippen LogP contribution in [0.1, 0.15) is 12.5 Å². The Morgan fingerprint density at radius 1 is 1.14 bits per heavy atom. The number of hydroxylamine groups is 3. The van der Waals surface area contributed by atoms with E-state index in [1.807, 2.05) is 59.3 Å². The lowest BCUT2D eigenvalue weighted by atomic mass is 10.1. The van der Waals surface area contributed by atoms with Crippen LogP contribution in [0.3, 0.4) is 0 Å². The third-order valence-corrected chi connectivity index (χ3v) is 6.26. The topological polar surface area (TPSA) is 119 Å². The number of amides is 1. The SMILES string of the molecule is C[N+](C)(O)C/C=C/C(=O)N1CCC(n2nc(-c3ccc(Oc4ccccc4)cc3)c3c(N)ncnc32)C1. The Kier molecular flexibility index (Phi) is 6.60. The van der Waals surface area contributed by atoms with E-state index in [4.69, 9.17) is 15.6 Å². The number of likely N-dealkylation sites (tertiary alicyclic amines) is 1. The average molecular weight is 501 g/mol. The van der Waals surface area contributed by atoms with Crippen molar-refractivity contribution in [2.24, 2.45) is 0 Å². The molecule has 0 bridgehead atoms. The predicted molar refractivity (Wildman–Crippen MR) is 140 cm³/mol. The van der Waals surface area contributed by atoms with Gasteiger partial charge in [-0.25, -0.2) is 19.9 Å². The van der Waals surface area contributed by atoms with Gasteiger partial charge in [0.1, 0.15) is 35.9 Å². The number of likely N-dealkylation sites (N-methyl/N-ethyl adjacent to an activating group) is 1. The first-order valence-corrected chi connectivity index (χ1v) is 12.1. The second kappa shape index (κ2) is 10.00. The highest BCUT2D eigenvalue weighted by molar-refractivity contribution is 5.98. The monoisotopic (exact) mass is 500 g/mol. The molecular formula is C27H30N7O3+. The van der Waals surface area contributed by atoms with Gasteiger partial charge in [-0.1, -0.05) is 18.2 Å². The second-order valence-corrected chi connectivity index (χ2v) is 9.62. The van der Waals surface area contributed by atoms with Crippen molar-refractivity contribution in [3.05, 3.63) is 73.1 Å². The smallest absolute Gasteiger partial charge is 0.246 e. The van der Waals surface area contributed by atoms with E-state index in [0.29, 0.717) is 47.9 Å². The summed E-state index contributed by atoms with van der Waals surface area (Å²) in [5, 5.41) is 15.4. The van der Waals surface area contributed by atoms with Crippen molar-refractivity contribution in [2.45, 2.75) is 12.5 Å². The summed E-state index contributed by atoms with van der Waals surface area (Å²) in [6.45, 7) is 1.46. The lowest BCUT2D eigenvalue weighted by Gasteiger charge is -2.17. The van der Waals surface area contributed by atoms with E-state index in [2.05, 4.69) is 9.97 Å². The number of para-hydroxylation sites is 1. The van der Waals surface area contributed by atoms with Crippen LogP contribution in [-0.2, 0) is 4.79 Å². The molecule has 190 valence electrons. The number of carbonyl (C=O) groups is 1. The van der Waals surface area contributed by atoms with Gasteiger partial charge in [-0.2, -0.15) is 9.75 Å². The van der Waals surface area contributed by atoms with Gasteiger partial charge in [0.25, 0.3) is 0 Å². The Labute approximate surface area is 214 Å². The fourth-order valence-electron chi connectivity index (χ4n) is 4.42. The molecule has 0 radical (unpaired) electrons. The van der Waals surface area contributed by atoms with Gasteiger partial charge in [-0.05, 0) is 48.9 Å². The number of aromatic nitrogens is 4. The van der Waals surface area contributed by atoms with Crippen LogP contribution in [0.15, 0.2) is 73.1 Å². The first kappa shape index (κ1) is 24.4. The number of quaternary nitrogens is 1. The zero-order chi connectivity index (χ0) is 26.0. The van der Waals surface area contributed by atoms with Crippen molar-refractivity contribution >= 4 is 22.8 Å². The van der Waals surface area contributed by atoms with Crippen LogP contribution in [0.2, 0.25) is 0 Å². The van der Waals surface area contributed by atoms with Gasteiger partial charge in [-0.3, -0.25) is 4.79 Å². The Bertz CT molecular complexity index is 1430. The lowest BCUT2D eigenvalue weighted by molar-refractivity contribution is -1.07. The molecule has 0 aliphatic carbocycles. The van der Waals surface area contributed by atoms with Gasteiger partial charge in [0.15, 0.2) is 5.65 Å². The number of nitrogens with zero attached hydrogens (tertiary/aromatic N) is 6. The van der Waals surface area contributed by atoms with Crippen LogP contribution in [0.4, 0.5) is 5.82 Å². The number of nitrogens with two attached hydrogens (primary N) is 1. The highest BCUT2D eigenvalue weighted by Crippen LogP contribution is 2.35. The van der Waals surface area contributed by atoms with Crippen LogP contribution in [0.25, 0.3) is 22.3 Å². The zero-order valence-corrected chi connectivity index (χ0v) is 20.9. The number of ether oxygens (including phenoxy) is 1. The second-order valence-electron chi connectivity index (χ2n) is 9.62. The number of fused-ring (bicyclic) bond motifs is 1. The Balaban J connectivity index is 1.39. The maximum atomic E-state index is 12.7. The molecule has 5 rings (SSSR count). The van der Waals surface area contributed by atoms with Crippen LogP contribution in [0, 0.1) is 0 Å². The summed E-state index contributed by atoms with van der Waals surface area (Å²) in [6, 6.07) is 17.2. The minimum absolute atomic E-state index is 0.0475. The maximum Gasteiger partial charge on any atom is 0.246 e. The molecule has 37 heavy (non-hydrogen) atoms. The molecule has 0 spiro atoms. The standard InChI is InChI=1S/C27H30N7O3/c1-34(2,36)16-6-9-23(35)32-15-14-20(17-32)33-27-24(26(28)29-18-30-27)25(31-33)19-10-12-22(13-11-19)37-21-7-4-3-5-8-21/h3-13,18,20,36H,14-17H2,1-2H3,(H2,28,29,30)/q+1/b9-6+. The number of nitrogen functional groups attached to an aromatic ring is 1. The molecule has 1 atom stereocenters. The molecule has 1 aliphatic heterocycles. The third kappa shape index (κ3) is 5.45. The van der Waals surface area contributed by atoms with Crippen molar-refractivity contribution in [1.29, 1.82) is 0 Å². The van der Waals surface area contributed by atoms with Gasteiger partial charge < -0.3 is 15.4 Å². The van der Waals surface area contributed by atoms with Crippen molar-refractivity contribution in [3.63, 3.8) is 0 Å². The molecule has 4 aromatic rings. The van der Waals surface area contributed by atoms with Crippen molar-refractivity contribution < 1.29 is 19.4 Å². The maximum absolute atomic E-state index is 12.7. The highest BCUT2D eigenvalue weighted by atomic mass is 16.5. The lowest BCUT2D eigenvalue weighted by Crippen LogP contribution is -2.35. The summed E-state index contributed by atoms with van der Waals surface area (Å²) in [4.78, 5) is 23.1. The van der Waals surface area contributed by atoms with Gasteiger partial charge in [0.2, 0.25) is 5.91 Å². The predicted octanol–water partition coefficient (Wildman–Crippen LogP) is 3.66. The normalized spacial score (nSPS) is 16.1. The first-order valence-electron chi connectivity index (χ1n) is 12.1. The Morgan fingerprint density at radius 2 is 1.86 bits per heavy atom. The Hall–Kier alpha value is -4.28. The van der Waals surface area contributed by atoms with Gasteiger partial charge in [0, 0.05) is 24.7 Å². The van der Waals surface area contributed by atoms with Crippen molar-refractivity contribution in [3.8, 4) is 22.8 Å². The van der Waals surface area contributed by atoms with Crippen LogP contribution < -0.4 is 10.5 Å². The summed E-state index contributed by atoms with van der Waals surface area (Å²) in [7, 11) is 3.30. The Morgan fingerprint density at radius 3 is 2.59 bits per heavy atom. The van der Waals surface area contributed by atoms with Crippen LogP contribution in [-0.4, -0.2) is 74.1 Å². The molecular weight excluding hydrogens is 470 g/mol. The van der Waals surface area contributed by atoms with Crippen molar-refractivity contribution in [1.82, 2.24) is 24.6 Å². The van der Waals surface area contributed by atoms with E-state index in [-0.39, 0.29) is 16.6 Å². The first-order chi connectivity index (χ1) is 17.8. The molecule has 0 saturated carbocycles. The summed E-state index contributed by atoms with van der Waals surface area (Å²) in [5.74, 6) is 1.74. The van der Waals surface area contributed by atoms with Crippen LogP contribution in [0.5, 0.6) is 11.5 Å². The summed E-state index contributed by atoms with van der Waals surface area (Å²) in [6.07, 6.45) is 5.39. The number of carbonyl (C=O) groups excluding carboxylic acids is 1. The molecule has 10 heteroatoms. The van der Waals surface area contributed by atoms with E-state index < -0.39 is 0 Å². The van der Waals surface area contributed by atoms with E-state index >= 15 is 0 Å². The number of anilines is 1. The zero-order valence-electron chi connectivity index (χ0n) is 20.9. The van der Waals surface area contributed by atoms with E-state index in [9.17, 15) is 10.0 Å². The van der Waals surface area contributed by atoms with E-state index in [1.165, 1.54) is 12.4 Å². The molecule has 1 amide bonds. The molecule has 2 aromatic heterocycles. The fourth-order valence-corrected chi connectivity index (χ4v) is 4.42. The largest absolute Gasteiger partial charge is 0.457 e. The van der Waals surface area contributed by atoms with E-state index in [0.717, 1.165) is 17.7 Å². The summed E-state index contributed by atoms with van der Waals surface area (Å²) < 4.78 is 7.55. The van der Waals surface area contributed by atoms with Crippen molar-refractivity contribution in [2.75, 3.05) is 39.5 Å². The molecule has 1 saturated heterocycles. The minimum atomic E-state index is -0.227. The van der Waals surface area contributed by atoms with Gasteiger partial charge in [0.05, 0.1) is 25.5 Å². The molecule has 3 N–H and O–H groups in total. The third-order valence-electron chi connectivity index (χ3n) is 6.26. The number of benzene rings is 2. The highest BCUT2D eigenvalue weighted by Gasteiger charge is 2.30. The van der Waals surface area contributed by atoms with Gasteiger partial charge in [-0.15, -0.1) is 0 Å². The van der Waals surface area contributed by atoms with Crippen LogP contribution >= 0.6 is 0 Å². The number of rotatable bonds is 7. The molecule has 10 nitrogen and oxygen atoms in total. The summed E-state index contributed by atoms with van der Waals surface area (Å²) in [5.41, 5.74) is 8.47. The van der Waals surface area contributed by atoms with Gasteiger partial charge >= 0.3 is 0 Å². The molecule has 2 aromatic carbocycles. The molecule has 3 heterocycles. The number of hydrogen-bond donors (Lipinski definition) is 2. The average Bonchev–Trinajstić information content (AvgIpc) is 3.50. The molecule has 1 fully saturated rings. The van der Waals surface area contributed by atoms with E-state index in [1.54, 1.807) is 25.1 Å². The fraction of sp³-hybridized carbons (Fsp3) is 0.259.